The second-order valence-corrected chi connectivity index (χ2v) is 4.41. The molecule has 2 N–H and O–H groups in total. The third kappa shape index (κ3) is 1.60. The third-order valence-corrected chi connectivity index (χ3v) is 3.14. The number of hydrogen-bond donors (Lipinski definition) is 2. The van der Waals surface area contributed by atoms with Gasteiger partial charge in [0.05, 0.1) is 0 Å². The Bertz CT molecular complexity index is 747. The molecule has 0 fully saturated rings. The van der Waals surface area contributed by atoms with Crippen LogP contribution in [0.4, 0.5) is 0 Å². The Kier molecular flexibility index (Phi) is 2.41. The van der Waals surface area contributed by atoms with Gasteiger partial charge in [-0.1, -0.05) is 11.2 Å². The van der Waals surface area contributed by atoms with E-state index in [2.05, 4.69) is 31.3 Å². The van der Waals surface area contributed by atoms with Crippen LogP contribution in [0.3, 0.4) is 0 Å². The minimum Gasteiger partial charge on any atom is -0.476 e. The second-order valence-electron chi connectivity index (χ2n) is 3.62. The summed E-state index contributed by atoms with van der Waals surface area (Å²) < 4.78 is 5.79. The van der Waals surface area contributed by atoms with E-state index in [1.165, 1.54) is 6.07 Å². The first-order chi connectivity index (χ1) is 8.66. The van der Waals surface area contributed by atoms with Crippen molar-refractivity contribution in [2.24, 2.45) is 0 Å². The predicted molar refractivity (Wildman–Crippen MR) is 66.2 cm³/mol. The Morgan fingerprint density at radius 2 is 2.28 bits per heavy atom. The van der Waals surface area contributed by atoms with Crippen LogP contribution in [0, 0.1) is 0 Å². The van der Waals surface area contributed by atoms with Crippen molar-refractivity contribution >= 4 is 32.8 Å². The van der Waals surface area contributed by atoms with E-state index >= 15 is 0 Å². The average molecular weight is 308 g/mol. The zero-order chi connectivity index (χ0) is 12.7. The largest absolute Gasteiger partial charge is 0.476 e. The Balaban J connectivity index is 2.21. The normalized spacial score (nSPS) is 10.9. The van der Waals surface area contributed by atoms with Gasteiger partial charge in [-0.15, -0.1) is 0 Å². The van der Waals surface area contributed by atoms with Crippen molar-refractivity contribution in [1.82, 2.24) is 15.4 Å². The summed E-state index contributed by atoms with van der Waals surface area (Å²) in [5.41, 5.74) is 1.25. The minimum absolute atomic E-state index is 0.128. The number of nitrogens with zero attached hydrogens (tertiary/aromatic N) is 2. The number of fused-ring (bicyclic) bond motifs is 1. The van der Waals surface area contributed by atoms with Crippen molar-refractivity contribution in [2.45, 2.75) is 0 Å². The van der Waals surface area contributed by atoms with Gasteiger partial charge < -0.3 is 9.63 Å². The number of carboxylic acids is 1. The van der Waals surface area contributed by atoms with Gasteiger partial charge in [0.25, 0.3) is 0 Å². The molecule has 0 aliphatic carbocycles. The van der Waals surface area contributed by atoms with Gasteiger partial charge in [0, 0.05) is 17.0 Å². The quantitative estimate of drug-likeness (QED) is 0.759. The van der Waals surface area contributed by atoms with Gasteiger partial charge in [0.1, 0.15) is 10.1 Å². The number of carboxylic acid groups (broad SMARTS) is 1. The summed E-state index contributed by atoms with van der Waals surface area (Å²) in [4.78, 5) is 10.8. The van der Waals surface area contributed by atoms with E-state index in [0.29, 0.717) is 16.8 Å². The van der Waals surface area contributed by atoms with Gasteiger partial charge in [-0.3, -0.25) is 5.10 Å². The molecule has 18 heavy (non-hydrogen) atoms. The number of para-hydroxylation sites is 1. The Hall–Kier alpha value is -2.15. The molecule has 3 aromatic rings. The van der Waals surface area contributed by atoms with Crippen LogP contribution < -0.4 is 0 Å². The molecule has 6 nitrogen and oxygen atoms in total. The maximum absolute atomic E-state index is 10.8. The highest BCUT2D eigenvalue weighted by Gasteiger charge is 2.16. The summed E-state index contributed by atoms with van der Waals surface area (Å²) in [6, 6.07) is 6.89. The van der Waals surface area contributed by atoms with Gasteiger partial charge in [0.2, 0.25) is 0 Å². The Morgan fingerprint density at radius 1 is 1.44 bits per heavy atom. The topological polar surface area (TPSA) is 92.0 Å². The lowest BCUT2D eigenvalue weighted by molar-refractivity contribution is 0.0686. The summed E-state index contributed by atoms with van der Waals surface area (Å²) in [6.07, 6.45) is 0. The van der Waals surface area contributed by atoms with Crippen LogP contribution in [-0.2, 0) is 0 Å². The first kappa shape index (κ1) is 11.0. The maximum atomic E-state index is 10.8. The summed E-state index contributed by atoms with van der Waals surface area (Å²) in [6.45, 7) is 0. The summed E-state index contributed by atoms with van der Waals surface area (Å²) in [5.74, 6) is -0.752. The van der Waals surface area contributed by atoms with Crippen LogP contribution >= 0.6 is 15.9 Å². The summed E-state index contributed by atoms with van der Waals surface area (Å²) in [5, 5.41) is 20.1. The van der Waals surface area contributed by atoms with Crippen molar-refractivity contribution in [3.05, 3.63) is 34.6 Å². The SMILES string of the molecule is O=C(O)c1cc(-c2cccc3c(Br)[nH]nc23)on1. The van der Waals surface area contributed by atoms with E-state index in [0.717, 1.165) is 9.99 Å². The molecule has 1 aromatic carbocycles. The molecule has 0 atom stereocenters. The van der Waals surface area contributed by atoms with E-state index < -0.39 is 5.97 Å². The zero-order valence-electron chi connectivity index (χ0n) is 8.85. The summed E-state index contributed by atoms with van der Waals surface area (Å²) in [7, 11) is 0. The zero-order valence-corrected chi connectivity index (χ0v) is 10.4. The van der Waals surface area contributed by atoms with Gasteiger partial charge in [-0.05, 0) is 28.1 Å². The van der Waals surface area contributed by atoms with Crippen LogP contribution in [0.1, 0.15) is 10.5 Å². The van der Waals surface area contributed by atoms with Crippen molar-refractivity contribution in [3.63, 3.8) is 0 Å². The van der Waals surface area contributed by atoms with Gasteiger partial charge in [-0.2, -0.15) is 5.10 Å². The molecule has 0 spiro atoms. The highest BCUT2D eigenvalue weighted by molar-refractivity contribution is 9.10. The third-order valence-electron chi connectivity index (χ3n) is 2.53. The van der Waals surface area contributed by atoms with Crippen LogP contribution in [0.25, 0.3) is 22.2 Å². The maximum Gasteiger partial charge on any atom is 0.358 e. The van der Waals surface area contributed by atoms with E-state index in [-0.39, 0.29) is 5.69 Å². The first-order valence-corrected chi connectivity index (χ1v) is 5.79. The van der Waals surface area contributed by atoms with Gasteiger partial charge in [0.15, 0.2) is 11.5 Å². The lowest BCUT2D eigenvalue weighted by Gasteiger charge is -1.95. The molecule has 0 saturated carbocycles. The van der Waals surface area contributed by atoms with Crippen molar-refractivity contribution in [1.29, 1.82) is 0 Å². The number of rotatable bonds is 2. The molecular weight excluding hydrogens is 302 g/mol. The van der Waals surface area contributed by atoms with Crippen molar-refractivity contribution < 1.29 is 14.4 Å². The lowest BCUT2D eigenvalue weighted by Crippen LogP contribution is -1.94. The number of hydrogen-bond acceptors (Lipinski definition) is 4. The highest BCUT2D eigenvalue weighted by atomic mass is 79.9. The van der Waals surface area contributed by atoms with Gasteiger partial charge in [-0.25, -0.2) is 4.79 Å². The first-order valence-electron chi connectivity index (χ1n) is 5.00. The number of aromatic carboxylic acids is 1. The minimum atomic E-state index is -1.12. The van der Waals surface area contributed by atoms with Gasteiger partial charge >= 0.3 is 5.97 Å². The number of aromatic nitrogens is 3. The number of nitrogens with one attached hydrogen (secondary N) is 1. The van der Waals surface area contributed by atoms with E-state index in [1.54, 1.807) is 6.07 Å². The number of carbonyl (C=O) groups is 1. The fraction of sp³-hybridized carbons (Fsp3) is 0. The molecule has 0 unspecified atom stereocenters. The fourth-order valence-corrected chi connectivity index (χ4v) is 2.12. The monoisotopic (exact) mass is 307 g/mol. The fourth-order valence-electron chi connectivity index (χ4n) is 1.71. The Morgan fingerprint density at radius 3 is 3.00 bits per heavy atom. The van der Waals surface area contributed by atoms with Crippen LogP contribution in [0.5, 0.6) is 0 Å². The number of halogens is 1. The molecule has 0 bridgehead atoms. The molecule has 7 heteroatoms. The van der Waals surface area contributed by atoms with Crippen molar-refractivity contribution in [2.75, 3.05) is 0 Å². The van der Waals surface area contributed by atoms with Crippen LogP contribution in [0.15, 0.2) is 33.4 Å². The predicted octanol–water partition coefficient (Wildman–Crippen LogP) is 2.68. The molecular formula is C11H6BrN3O3. The molecule has 0 aliphatic heterocycles. The number of benzene rings is 1. The smallest absolute Gasteiger partial charge is 0.358 e. The number of H-pyrrole nitrogens is 1. The average Bonchev–Trinajstić information content (AvgIpc) is 2.97. The molecule has 90 valence electrons. The number of aromatic amines is 1. The Labute approximate surface area is 109 Å². The molecule has 0 radical (unpaired) electrons. The lowest BCUT2D eigenvalue weighted by atomic mass is 10.1. The molecule has 2 aromatic heterocycles. The highest BCUT2D eigenvalue weighted by Crippen LogP contribution is 2.30. The van der Waals surface area contributed by atoms with Crippen LogP contribution in [-0.4, -0.2) is 26.4 Å². The second kappa shape index (κ2) is 3.95. The van der Waals surface area contributed by atoms with Crippen molar-refractivity contribution in [3.8, 4) is 11.3 Å². The molecule has 0 amide bonds. The van der Waals surface area contributed by atoms with E-state index in [9.17, 15) is 4.79 Å². The molecule has 0 aliphatic rings. The molecule has 3 rings (SSSR count). The summed E-state index contributed by atoms with van der Waals surface area (Å²) >= 11 is 3.34. The molecule has 0 saturated heterocycles. The molecule has 2 heterocycles. The van der Waals surface area contributed by atoms with E-state index in [1.807, 2.05) is 12.1 Å². The van der Waals surface area contributed by atoms with E-state index in [4.69, 9.17) is 9.63 Å². The standard InChI is InChI=1S/C11H6BrN3O3/c12-10-6-3-1-2-5(9(6)13-14-10)8-4-7(11(16)17)15-18-8/h1-4H,(H,13,14)(H,16,17). The van der Waals surface area contributed by atoms with Crippen LogP contribution in [0.2, 0.25) is 0 Å².